The number of hydrogen-bond donors (Lipinski definition) is 1. The van der Waals surface area contributed by atoms with Crippen molar-refractivity contribution in [3.63, 3.8) is 0 Å². The van der Waals surface area contributed by atoms with Gasteiger partial charge in [0.15, 0.2) is 0 Å². The Morgan fingerprint density at radius 2 is 2.13 bits per heavy atom. The Labute approximate surface area is 97.8 Å². The SMILES string of the molecule is CC1CCCC(NC(=O)C(C)(C)CCl)C1. The van der Waals surface area contributed by atoms with Crippen molar-refractivity contribution in [1.82, 2.24) is 5.32 Å². The molecular formula is C12H22ClNO. The molecule has 0 bridgehead atoms. The quantitative estimate of drug-likeness (QED) is 0.744. The molecule has 1 aliphatic carbocycles. The molecule has 0 radical (unpaired) electrons. The van der Waals surface area contributed by atoms with Crippen LogP contribution in [0, 0.1) is 11.3 Å². The highest BCUT2D eigenvalue weighted by molar-refractivity contribution is 6.19. The zero-order valence-electron chi connectivity index (χ0n) is 9.98. The molecular weight excluding hydrogens is 210 g/mol. The van der Waals surface area contributed by atoms with Gasteiger partial charge >= 0.3 is 0 Å². The summed E-state index contributed by atoms with van der Waals surface area (Å²) < 4.78 is 0. The van der Waals surface area contributed by atoms with E-state index in [1.165, 1.54) is 12.8 Å². The van der Waals surface area contributed by atoms with Crippen molar-refractivity contribution in [2.75, 3.05) is 5.88 Å². The number of alkyl halides is 1. The van der Waals surface area contributed by atoms with E-state index < -0.39 is 5.41 Å². The van der Waals surface area contributed by atoms with Crippen LogP contribution in [0.3, 0.4) is 0 Å². The summed E-state index contributed by atoms with van der Waals surface area (Å²) in [5, 5.41) is 3.12. The Kier molecular flexibility index (Phi) is 4.45. The first-order valence-electron chi connectivity index (χ1n) is 5.82. The van der Waals surface area contributed by atoms with Gasteiger partial charge in [-0.05, 0) is 32.6 Å². The Bertz CT molecular complexity index is 228. The van der Waals surface area contributed by atoms with Crippen LogP contribution in [0.25, 0.3) is 0 Å². The number of rotatable bonds is 3. The minimum absolute atomic E-state index is 0.0941. The van der Waals surface area contributed by atoms with E-state index in [0.29, 0.717) is 11.9 Å². The fourth-order valence-corrected chi connectivity index (χ4v) is 2.13. The van der Waals surface area contributed by atoms with E-state index in [2.05, 4.69) is 12.2 Å². The average Bonchev–Trinajstić information content (AvgIpc) is 2.17. The van der Waals surface area contributed by atoms with E-state index in [1.54, 1.807) is 0 Å². The van der Waals surface area contributed by atoms with Crippen LogP contribution in [-0.2, 0) is 4.79 Å². The van der Waals surface area contributed by atoms with Crippen molar-refractivity contribution in [3.8, 4) is 0 Å². The molecule has 2 nitrogen and oxygen atoms in total. The van der Waals surface area contributed by atoms with Crippen LogP contribution in [0.15, 0.2) is 0 Å². The molecule has 15 heavy (non-hydrogen) atoms. The van der Waals surface area contributed by atoms with Crippen LogP contribution in [0.4, 0.5) is 0 Å². The van der Waals surface area contributed by atoms with E-state index in [9.17, 15) is 4.79 Å². The van der Waals surface area contributed by atoms with Gasteiger partial charge in [-0.3, -0.25) is 4.79 Å². The van der Waals surface area contributed by atoms with Crippen LogP contribution in [-0.4, -0.2) is 17.8 Å². The first-order chi connectivity index (χ1) is 6.95. The summed E-state index contributed by atoms with van der Waals surface area (Å²) in [6.45, 7) is 6.04. The molecule has 1 N–H and O–H groups in total. The van der Waals surface area contributed by atoms with Gasteiger partial charge in [-0.1, -0.05) is 19.8 Å². The first-order valence-corrected chi connectivity index (χ1v) is 6.36. The maximum atomic E-state index is 11.9. The molecule has 1 amide bonds. The first kappa shape index (κ1) is 12.8. The maximum Gasteiger partial charge on any atom is 0.227 e. The van der Waals surface area contributed by atoms with Crippen molar-refractivity contribution in [1.29, 1.82) is 0 Å². The predicted molar refractivity (Wildman–Crippen MR) is 64.1 cm³/mol. The van der Waals surface area contributed by atoms with Crippen LogP contribution >= 0.6 is 11.6 Å². The summed E-state index contributed by atoms with van der Waals surface area (Å²) in [7, 11) is 0. The average molecular weight is 232 g/mol. The highest BCUT2D eigenvalue weighted by Gasteiger charge is 2.29. The molecule has 88 valence electrons. The Hall–Kier alpha value is -0.240. The maximum absolute atomic E-state index is 11.9. The minimum Gasteiger partial charge on any atom is -0.353 e. The fourth-order valence-electron chi connectivity index (χ4n) is 2.01. The Morgan fingerprint density at radius 1 is 1.47 bits per heavy atom. The Balaban J connectivity index is 2.44. The molecule has 0 aromatic rings. The molecule has 0 aromatic heterocycles. The van der Waals surface area contributed by atoms with Gasteiger partial charge in [-0.25, -0.2) is 0 Å². The second-order valence-corrected chi connectivity index (χ2v) is 5.73. The minimum atomic E-state index is -0.442. The molecule has 0 saturated heterocycles. The lowest BCUT2D eigenvalue weighted by atomic mass is 9.86. The summed E-state index contributed by atoms with van der Waals surface area (Å²) in [6, 6.07) is 0.365. The second kappa shape index (κ2) is 5.20. The van der Waals surface area contributed by atoms with Crippen LogP contribution in [0.1, 0.15) is 46.5 Å². The van der Waals surface area contributed by atoms with Gasteiger partial charge in [0.25, 0.3) is 0 Å². The highest BCUT2D eigenvalue weighted by Crippen LogP contribution is 2.25. The number of amides is 1. The van der Waals surface area contributed by atoms with Gasteiger partial charge < -0.3 is 5.32 Å². The predicted octanol–water partition coefficient (Wildman–Crippen LogP) is 2.95. The van der Waals surface area contributed by atoms with Crippen molar-refractivity contribution in [3.05, 3.63) is 0 Å². The standard InChI is InChI=1S/C12H22ClNO/c1-9-5-4-6-10(7-9)14-11(15)12(2,3)8-13/h9-10H,4-8H2,1-3H3,(H,14,15). The molecule has 0 aromatic carbocycles. The van der Waals surface area contributed by atoms with Gasteiger partial charge in [0.1, 0.15) is 0 Å². The zero-order chi connectivity index (χ0) is 11.5. The van der Waals surface area contributed by atoms with E-state index in [0.717, 1.165) is 18.8 Å². The van der Waals surface area contributed by atoms with E-state index in [-0.39, 0.29) is 5.91 Å². The third-order valence-electron chi connectivity index (χ3n) is 3.22. The third-order valence-corrected chi connectivity index (χ3v) is 3.89. The molecule has 1 fully saturated rings. The normalized spacial score (nSPS) is 27.5. The smallest absolute Gasteiger partial charge is 0.227 e. The van der Waals surface area contributed by atoms with Crippen molar-refractivity contribution in [2.24, 2.45) is 11.3 Å². The number of halogens is 1. The highest BCUT2D eigenvalue weighted by atomic mass is 35.5. The number of nitrogens with one attached hydrogen (secondary N) is 1. The van der Waals surface area contributed by atoms with Crippen molar-refractivity contribution >= 4 is 17.5 Å². The summed E-state index contributed by atoms with van der Waals surface area (Å²) in [4.78, 5) is 11.9. The van der Waals surface area contributed by atoms with Gasteiger partial charge in [0, 0.05) is 11.9 Å². The van der Waals surface area contributed by atoms with Crippen LogP contribution < -0.4 is 5.32 Å². The molecule has 0 heterocycles. The largest absolute Gasteiger partial charge is 0.353 e. The Morgan fingerprint density at radius 3 is 2.67 bits per heavy atom. The molecule has 2 atom stereocenters. The zero-order valence-corrected chi connectivity index (χ0v) is 10.7. The topological polar surface area (TPSA) is 29.1 Å². The molecule has 2 unspecified atom stereocenters. The second-order valence-electron chi connectivity index (χ2n) is 5.46. The van der Waals surface area contributed by atoms with Crippen molar-refractivity contribution < 1.29 is 4.79 Å². The lowest BCUT2D eigenvalue weighted by Crippen LogP contribution is -2.45. The third kappa shape index (κ3) is 3.67. The van der Waals surface area contributed by atoms with E-state index in [4.69, 9.17) is 11.6 Å². The number of hydrogen-bond acceptors (Lipinski definition) is 1. The van der Waals surface area contributed by atoms with Gasteiger partial charge in [-0.2, -0.15) is 0 Å². The molecule has 0 spiro atoms. The molecule has 0 aliphatic heterocycles. The molecule has 1 rings (SSSR count). The molecule has 1 saturated carbocycles. The van der Waals surface area contributed by atoms with E-state index in [1.807, 2.05) is 13.8 Å². The van der Waals surface area contributed by atoms with E-state index >= 15 is 0 Å². The summed E-state index contributed by atoms with van der Waals surface area (Å²) >= 11 is 5.77. The number of carbonyl (C=O) groups excluding carboxylic acids is 1. The summed E-state index contributed by atoms with van der Waals surface area (Å²) in [5.41, 5.74) is -0.442. The monoisotopic (exact) mass is 231 g/mol. The van der Waals surface area contributed by atoms with Crippen LogP contribution in [0.2, 0.25) is 0 Å². The summed E-state index contributed by atoms with van der Waals surface area (Å²) in [5.74, 6) is 1.21. The lowest BCUT2D eigenvalue weighted by molar-refractivity contribution is -0.129. The molecule has 1 aliphatic rings. The summed E-state index contributed by atoms with van der Waals surface area (Å²) in [6.07, 6.45) is 4.76. The van der Waals surface area contributed by atoms with Gasteiger partial charge in [-0.15, -0.1) is 11.6 Å². The lowest BCUT2D eigenvalue weighted by Gasteiger charge is -2.30. The van der Waals surface area contributed by atoms with Gasteiger partial charge in [0.2, 0.25) is 5.91 Å². The van der Waals surface area contributed by atoms with Crippen molar-refractivity contribution in [2.45, 2.75) is 52.5 Å². The molecule has 3 heteroatoms. The number of carbonyl (C=O) groups is 1. The van der Waals surface area contributed by atoms with Gasteiger partial charge in [0.05, 0.1) is 5.41 Å². The fraction of sp³-hybridized carbons (Fsp3) is 0.917. The van der Waals surface area contributed by atoms with Crippen LogP contribution in [0.5, 0.6) is 0 Å².